The van der Waals surface area contributed by atoms with Gasteiger partial charge < -0.3 is 11.1 Å². The Hall–Kier alpha value is -1.65. The summed E-state index contributed by atoms with van der Waals surface area (Å²) in [6, 6.07) is 5.41. The van der Waals surface area contributed by atoms with Gasteiger partial charge in [0.25, 0.3) is 0 Å². The summed E-state index contributed by atoms with van der Waals surface area (Å²) in [5, 5.41) is 5.26. The van der Waals surface area contributed by atoms with Crippen molar-refractivity contribution in [2.24, 2.45) is 5.73 Å². The summed E-state index contributed by atoms with van der Waals surface area (Å²) in [6.45, 7) is 0.508. The lowest BCUT2D eigenvalue weighted by atomic mass is 10.1. The molecule has 0 fully saturated rings. The summed E-state index contributed by atoms with van der Waals surface area (Å²) in [5.41, 5.74) is 6.09. The number of benzene rings is 1. The minimum Gasteiger partial charge on any atom is -0.330 e. The number of carbonyl (C=O) groups is 1. The standard InChI is InChI=1S/C13H14ClN3O/c14-10-6-9-8-16-5-3-11(9)12(7-10)17-13(18)2-1-4-15/h3,5-8H,1-2,4,15H2,(H,17,18). The molecule has 0 atom stereocenters. The van der Waals surface area contributed by atoms with Crippen LogP contribution in [0.5, 0.6) is 0 Å². The van der Waals surface area contributed by atoms with Gasteiger partial charge in [-0.15, -0.1) is 0 Å². The molecule has 0 aliphatic carbocycles. The van der Waals surface area contributed by atoms with Gasteiger partial charge in [0, 0.05) is 34.6 Å². The van der Waals surface area contributed by atoms with Crippen LogP contribution in [0, 0.1) is 0 Å². The normalized spacial score (nSPS) is 10.6. The molecular weight excluding hydrogens is 250 g/mol. The molecule has 0 saturated carbocycles. The minimum absolute atomic E-state index is 0.0548. The maximum absolute atomic E-state index is 11.7. The fourth-order valence-corrected chi connectivity index (χ4v) is 1.98. The van der Waals surface area contributed by atoms with E-state index in [1.165, 1.54) is 0 Å². The zero-order valence-corrected chi connectivity index (χ0v) is 10.6. The number of nitrogens with two attached hydrogens (primary N) is 1. The van der Waals surface area contributed by atoms with Crippen LogP contribution >= 0.6 is 11.6 Å². The van der Waals surface area contributed by atoms with Crippen LogP contribution in [0.1, 0.15) is 12.8 Å². The van der Waals surface area contributed by atoms with Gasteiger partial charge in [0.15, 0.2) is 0 Å². The highest BCUT2D eigenvalue weighted by atomic mass is 35.5. The van der Waals surface area contributed by atoms with E-state index in [-0.39, 0.29) is 5.91 Å². The summed E-state index contributed by atoms with van der Waals surface area (Å²) >= 11 is 6.01. The molecule has 0 radical (unpaired) electrons. The Kier molecular flexibility index (Phi) is 4.12. The van der Waals surface area contributed by atoms with Crippen molar-refractivity contribution < 1.29 is 4.79 Å². The van der Waals surface area contributed by atoms with Crippen LogP contribution in [0.15, 0.2) is 30.6 Å². The van der Waals surface area contributed by atoms with E-state index in [0.717, 1.165) is 10.8 Å². The first-order valence-corrected chi connectivity index (χ1v) is 6.11. The Labute approximate surface area is 110 Å². The van der Waals surface area contributed by atoms with Crippen LogP contribution < -0.4 is 11.1 Å². The zero-order chi connectivity index (χ0) is 13.0. The Bertz CT molecular complexity index is 571. The van der Waals surface area contributed by atoms with Gasteiger partial charge in [-0.25, -0.2) is 0 Å². The summed E-state index contributed by atoms with van der Waals surface area (Å²) in [4.78, 5) is 15.7. The lowest BCUT2D eigenvalue weighted by Crippen LogP contribution is -2.13. The molecule has 18 heavy (non-hydrogen) atoms. The van der Waals surface area contributed by atoms with Crippen molar-refractivity contribution in [3.8, 4) is 0 Å². The van der Waals surface area contributed by atoms with Gasteiger partial charge in [-0.05, 0) is 31.2 Å². The number of hydrogen-bond acceptors (Lipinski definition) is 3. The Morgan fingerprint density at radius 2 is 2.28 bits per heavy atom. The maximum atomic E-state index is 11.7. The molecule has 94 valence electrons. The number of fused-ring (bicyclic) bond motifs is 1. The first kappa shape index (κ1) is 12.8. The number of halogens is 1. The first-order chi connectivity index (χ1) is 8.70. The molecule has 0 saturated heterocycles. The van der Waals surface area contributed by atoms with Gasteiger partial charge in [0.1, 0.15) is 0 Å². The number of hydrogen-bond donors (Lipinski definition) is 2. The molecule has 0 aliphatic heterocycles. The summed E-state index contributed by atoms with van der Waals surface area (Å²) in [6.07, 6.45) is 4.49. The van der Waals surface area contributed by atoms with Crippen molar-refractivity contribution in [2.75, 3.05) is 11.9 Å². The van der Waals surface area contributed by atoms with Gasteiger partial charge in [0.05, 0.1) is 5.69 Å². The number of anilines is 1. The second-order valence-electron chi connectivity index (χ2n) is 3.99. The Morgan fingerprint density at radius 1 is 1.44 bits per heavy atom. The van der Waals surface area contributed by atoms with E-state index in [1.54, 1.807) is 18.5 Å². The SMILES string of the molecule is NCCCC(=O)Nc1cc(Cl)cc2cnccc12. The van der Waals surface area contributed by atoms with E-state index in [4.69, 9.17) is 17.3 Å². The van der Waals surface area contributed by atoms with Crippen LogP contribution in [-0.2, 0) is 4.79 Å². The third-order valence-corrected chi connectivity index (χ3v) is 2.82. The van der Waals surface area contributed by atoms with Crippen LogP contribution in [0.2, 0.25) is 5.02 Å². The Balaban J connectivity index is 2.29. The number of rotatable bonds is 4. The molecule has 0 unspecified atom stereocenters. The predicted molar refractivity (Wildman–Crippen MR) is 73.7 cm³/mol. The number of nitrogens with zero attached hydrogens (tertiary/aromatic N) is 1. The van der Waals surface area contributed by atoms with E-state index in [0.29, 0.717) is 30.1 Å². The van der Waals surface area contributed by atoms with Crippen molar-refractivity contribution in [2.45, 2.75) is 12.8 Å². The maximum Gasteiger partial charge on any atom is 0.224 e. The van der Waals surface area contributed by atoms with E-state index in [1.807, 2.05) is 12.1 Å². The lowest BCUT2D eigenvalue weighted by Gasteiger charge is -2.09. The number of amides is 1. The molecule has 2 rings (SSSR count). The molecule has 2 aromatic rings. The summed E-state index contributed by atoms with van der Waals surface area (Å²) in [7, 11) is 0. The highest BCUT2D eigenvalue weighted by Crippen LogP contribution is 2.27. The molecule has 0 aliphatic rings. The van der Waals surface area contributed by atoms with Crippen molar-refractivity contribution in [1.29, 1.82) is 0 Å². The fraction of sp³-hybridized carbons (Fsp3) is 0.231. The molecule has 5 heteroatoms. The second kappa shape index (κ2) is 5.80. The van der Waals surface area contributed by atoms with Crippen LogP contribution in [0.25, 0.3) is 10.8 Å². The molecule has 0 bridgehead atoms. The number of carbonyl (C=O) groups excluding carboxylic acids is 1. The van der Waals surface area contributed by atoms with Gasteiger partial charge in [0.2, 0.25) is 5.91 Å². The number of nitrogens with one attached hydrogen (secondary N) is 1. The second-order valence-corrected chi connectivity index (χ2v) is 4.43. The van der Waals surface area contributed by atoms with E-state index in [2.05, 4.69) is 10.3 Å². The third-order valence-electron chi connectivity index (χ3n) is 2.60. The molecule has 1 heterocycles. The Morgan fingerprint density at radius 3 is 3.06 bits per heavy atom. The van der Waals surface area contributed by atoms with Crippen LogP contribution in [-0.4, -0.2) is 17.4 Å². The molecule has 3 N–H and O–H groups in total. The van der Waals surface area contributed by atoms with Crippen LogP contribution in [0.4, 0.5) is 5.69 Å². The first-order valence-electron chi connectivity index (χ1n) is 5.74. The van der Waals surface area contributed by atoms with E-state index >= 15 is 0 Å². The van der Waals surface area contributed by atoms with Gasteiger partial charge in [-0.1, -0.05) is 11.6 Å². The molecule has 4 nitrogen and oxygen atoms in total. The van der Waals surface area contributed by atoms with Crippen molar-refractivity contribution in [3.05, 3.63) is 35.6 Å². The number of aromatic nitrogens is 1. The molecule has 0 spiro atoms. The van der Waals surface area contributed by atoms with Gasteiger partial charge >= 0.3 is 0 Å². The minimum atomic E-state index is -0.0548. The molecule has 1 aromatic carbocycles. The largest absolute Gasteiger partial charge is 0.330 e. The van der Waals surface area contributed by atoms with Crippen molar-refractivity contribution >= 4 is 34.0 Å². The third kappa shape index (κ3) is 2.97. The lowest BCUT2D eigenvalue weighted by molar-refractivity contribution is -0.116. The van der Waals surface area contributed by atoms with E-state index < -0.39 is 0 Å². The van der Waals surface area contributed by atoms with Gasteiger partial charge in [-0.2, -0.15) is 0 Å². The average Bonchev–Trinajstić information content (AvgIpc) is 2.36. The number of pyridine rings is 1. The van der Waals surface area contributed by atoms with Crippen LogP contribution in [0.3, 0.4) is 0 Å². The molecular formula is C13H14ClN3O. The fourth-order valence-electron chi connectivity index (χ4n) is 1.75. The van der Waals surface area contributed by atoms with Crippen molar-refractivity contribution in [3.63, 3.8) is 0 Å². The van der Waals surface area contributed by atoms with E-state index in [9.17, 15) is 4.79 Å². The monoisotopic (exact) mass is 263 g/mol. The summed E-state index contributed by atoms with van der Waals surface area (Å²) < 4.78 is 0. The summed E-state index contributed by atoms with van der Waals surface area (Å²) in [5.74, 6) is -0.0548. The van der Waals surface area contributed by atoms with Gasteiger partial charge in [-0.3, -0.25) is 9.78 Å². The highest BCUT2D eigenvalue weighted by molar-refractivity contribution is 6.32. The highest BCUT2D eigenvalue weighted by Gasteiger charge is 2.07. The quantitative estimate of drug-likeness (QED) is 0.891. The predicted octanol–water partition coefficient (Wildman–Crippen LogP) is 2.57. The smallest absolute Gasteiger partial charge is 0.224 e. The molecule has 1 amide bonds. The van der Waals surface area contributed by atoms with Crippen molar-refractivity contribution in [1.82, 2.24) is 4.98 Å². The topological polar surface area (TPSA) is 68.0 Å². The average molecular weight is 264 g/mol. The molecule has 1 aromatic heterocycles. The zero-order valence-electron chi connectivity index (χ0n) is 9.82.